The second-order valence-corrected chi connectivity index (χ2v) is 7.41. The van der Waals surface area contributed by atoms with E-state index in [4.69, 9.17) is 15.0 Å². The lowest BCUT2D eigenvalue weighted by Gasteiger charge is -2.22. The number of halogens is 1. The van der Waals surface area contributed by atoms with Crippen molar-refractivity contribution in [3.05, 3.63) is 41.5 Å². The molecule has 0 radical (unpaired) electrons. The van der Waals surface area contributed by atoms with Crippen molar-refractivity contribution < 1.29 is 9.26 Å². The van der Waals surface area contributed by atoms with Gasteiger partial charge in [-0.2, -0.15) is 4.98 Å². The third-order valence-electron chi connectivity index (χ3n) is 4.46. The van der Waals surface area contributed by atoms with Gasteiger partial charge in [0.2, 0.25) is 0 Å². The van der Waals surface area contributed by atoms with Crippen molar-refractivity contribution in [1.82, 2.24) is 10.1 Å². The quantitative estimate of drug-likeness (QED) is 0.897. The monoisotopic (exact) mass is 351 g/mol. The van der Waals surface area contributed by atoms with Gasteiger partial charge in [-0.15, -0.1) is 12.4 Å². The SMILES string of the molecule is CC(C)(C)c1ccccc1OCc1nc(C2(N)CCCC2)no1.Cl. The van der Waals surface area contributed by atoms with Crippen LogP contribution in [0.3, 0.4) is 0 Å². The van der Waals surface area contributed by atoms with Crippen LogP contribution in [0.25, 0.3) is 0 Å². The lowest BCUT2D eigenvalue weighted by atomic mass is 9.86. The molecule has 5 nitrogen and oxygen atoms in total. The zero-order chi connectivity index (χ0) is 16.5. The first-order valence-electron chi connectivity index (χ1n) is 8.23. The third kappa shape index (κ3) is 3.90. The summed E-state index contributed by atoms with van der Waals surface area (Å²) < 4.78 is 11.2. The minimum absolute atomic E-state index is 0. The number of para-hydroxylation sites is 1. The van der Waals surface area contributed by atoms with Crippen molar-refractivity contribution in [2.24, 2.45) is 5.73 Å². The normalized spacial score (nSPS) is 16.7. The van der Waals surface area contributed by atoms with Gasteiger partial charge in [-0.1, -0.05) is 57.0 Å². The first kappa shape index (κ1) is 18.7. The molecule has 0 unspecified atom stereocenters. The van der Waals surface area contributed by atoms with Crippen LogP contribution in [-0.2, 0) is 17.6 Å². The van der Waals surface area contributed by atoms with E-state index >= 15 is 0 Å². The summed E-state index contributed by atoms with van der Waals surface area (Å²) in [5, 5.41) is 4.06. The maximum Gasteiger partial charge on any atom is 0.264 e. The maximum absolute atomic E-state index is 6.36. The minimum atomic E-state index is -0.426. The molecule has 0 saturated heterocycles. The molecule has 1 saturated carbocycles. The van der Waals surface area contributed by atoms with Gasteiger partial charge < -0.3 is 15.0 Å². The molecular formula is C18H26ClN3O2. The van der Waals surface area contributed by atoms with Crippen LogP contribution in [-0.4, -0.2) is 10.1 Å². The molecule has 1 aliphatic carbocycles. The Kier molecular flexibility index (Phi) is 5.56. The summed E-state index contributed by atoms with van der Waals surface area (Å²) in [6.45, 7) is 6.75. The molecule has 3 rings (SSSR count). The Morgan fingerprint density at radius 1 is 1.21 bits per heavy atom. The molecule has 1 aliphatic rings. The van der Waals surface area contributed by atoms with Gasteiger partial charge in [-0.05, 0) is 29.9 Å². The average molecular weight is 352 g/mol. The van der Waals surface area contributed by atoms with Crippen LogP contribution in [0.4, 0.5) is 0 Å². The summed E-state index contributed by atoms with van der Waals surface area (Å²) in [7, 11) is 0. The zero-order valence-corrected chi connectivity index (χ0v) is 15.4. The van der Waals surface area contributed by atoms with Gasteiger partial charge in [0.15, 0.2) is 12.4 Å². The van der Waals surface area contributed by atoms with E-state index in [1.807, 2.05) is 18.2 Å². The van der Waals surface area contributed by atoms with E-state index in [9.17, 15) is 0 Å². The summed E-state index contributed by atoms with van der Waals surface area (Å²) in [5.74, 6) is 1.93. The topological polar surface area (TPSA) is 74.2 Å². The molecule has 1 heterocycles. The molecule has 2 N–H and O–H groups in total. The number of ether oxygens (including phenoxy) is 1. The van der Waals surface area contributed by atoms with Crippen LogP contribution < -0.4 is 10.5 Å². The summed E-state index contributed by atoms with van der Waals surface area (Å²) in [5.41, 5.74) is 7.10. The zero-order valence-electron chi connectivity index (χ0n) is 14.5. The van der Waals surface area contributed by atoms with E-state index < -0.39 is 5.54 Å². The third-order valence-corrected chi connectivity index (χ3v) is 4.46. The summed E-state index contributed by atoms with van der Waals surface area (Å²) in [6, 6.07) is 8.05. The lowest BCUT2D eigenvalue weighted by Crippen LogP contribution is -2.34. The molecule has 0 aliphatic heterocycles. The first-order valence-corrected chi connectivity index (χ1v) is 8.23. The van der Waals surface area contributed by atoms with Crippen molar-refractivity contribution in [2.45, 2.75) is 64.0 Å². The van der Waals surface area contributed by atoms with Crippen LogP contribution in [0.5, 0.6) is 5.75 Å². The number of nitrogens with zero attached hydrogens (tertiary/aromatic N) is 2. The van der Waals surface area contributed by atoms with Crippen molar-refractivity contribution in [2.75, 3.05) is 0 Å². The van der Waals surface area contributed by atoms with E-state index in [0.29, 0.717) is 11.7 Å². The molecule has 1 aromatic heterocycles. The van der Waals surface area contributed by atoms with Gasteiger partial charge in [-0.25, -0.2) is 0 Å². The molecule has 2 aromatic rings. The van der Waals surface area contributed by atoms with Crippen LogP contribution >= 0.6 is 12.4 Å². The van der Waals surface area contributed by atoms with Crippen molar-refractivity contribution in [3.63, 3.8) is 0 Å². The second-order valence-electron chi connectivity index (χ2n) is 7.41. The Balaban J connectivity index is 0.00000208. The molecule has 1 aromatic carbocycles. The average Bonchev–Trinajstić information content (AvgIpc) is 3.14. The lowest BCUT2D eigenvalue weighted by molar-refractivity contribution is 0.237. The van der Waals surface area contributed by atoms with Crippen LogP contribution in [0.2, 0.25) is 0 Å². The number of hydrogen-bond acceptors (Lipinski definition) is 5. The summed E-state index contributed by atoms with van der Waals surface area (Å²) in [4.78, 5) is 4.44. The van der Waals surface area contributed by atoms with Gasteiger partial charge in [0, 0.05) is 0 Å². The first-order chi connectivity index (χ1) is 10.9. The highest BCUT2D eigenvalue weighted by molar-refractivity contribution is 5.85. The molecule has 6 heteroatoms. The van der Waals surface area contributed by atoms with E-state index in [-0.39, 0.29) is 24.4 Å². The molecule has 0 spiro atoms. The van der Waals surface area contributed by atoms with E-state index in [2.05, 4.69) is 37.0 Å². The molecule has 24 heavy (non-hydrogen) atoms. The number of rotatable bonds is 4. The van der Waals surface area contributed by atoms with Crippen molar-refractivity contribution >= 4 is 12.4 Å². The molecule has 132 valence electrons. The Labute approximate surface area is 149 Å². The van der Waals surface area contributed by atoms with Gasteiger partial charge >= 0.3 is 0 Å². The Bertz CT molecular complexity index is 673. The highest BCUT2D eigenvalue weighted by Crippen LogP contribution is 2.35. The predicted molar refractivity (Wildman–Crippen MR) is 95.4 cm³/mol. The summed E-state index contributed by atoms with van der Waals surface area (Å²) in [6.07, 6.45) is 4.07. The van der Waals surface area contributed by atoms with Gasteiger partial charge in [0.1, 0.15) is 5.75 Å². The Morgan fingerprint density at radius 3 is 2.54 bits per heavy atom. The molecule has 1 fully saturated rings. The minimum Gasteiger partial charge on any atom is -0.483 e. The predicted octanol–water partition coefficient (Wildman–Crippen LogP) is 4.10. The Hall–Kier alpha value is -1.59. The molecule has 0 atom stereocenters. The number of hydrogen-bond donors (Lipinski definition) is 1. The molecular weight excluding hydrogens is 326 g/mol. The van der Waals surface area contributed by atoms with E-state index in [1.165, 1.54) is 0 Å². The molecule has 0 amide bonds. The maximum atomic E-state index is 6.36. The Morgan fingerprint density at radius 2 is 1.88 bits per heavy atom. The fourth-order valence-corrected chi connectivity index (χ4v) is 3.10. The highest BCUT2D eigenvalue weighted by atomic mass is 35.5. The summed E-state index contributed by atoms with van der Waals surface area (Å²) >= 11 is 0. The molecule has 0 bridgehead atoms. The van der Waals surface area contributed by atoms with Gasteiger partial charge in [0.25, 0.3) is 5.89 Å². The van der Waals surface area contributed by atoms with E-state index in [1.54, 1.807) is 0 Å². The second kappa shape index (κ2) is 7.11. The van der Waals surface area contributed by atoms with Crippen LogP contribution in [0, 0.1) is 0 Å². The highest BCUT2D eigenvalue weighted by Gasteiger charge is 2.36. The van der Waals surface area contributed by atoms with Gasteiger partial charge in [-0.3, -0.25) is 0 Å². The largest absolute Gasteiger partial charge is 0.483 e. The van der Waals surface area contributed by atoms with Gasteiger partial charge in [0.05, 0.1) is 5.54 Å². The fraction of sp³-hybridized carbons (Fsp3) is 0.556. The fourth-order valence-electron chi connectivity index (χ4n) is 3.10. The smallest absolute Gasteiger partial charge is 0.264 e. The van der Waals surface area contributed by atoms with Crippen molar-refractivity contribution in [1.29, 1.82) is 0 Å². The van der Waals surface area contributed by atoms with Crippen LogP contribution in [0.1, 0.15) is 63.7 Å². The number of nitrogens with two attached hydrogens (primary N) is 1. The number of aromatic nitrogens is 2. The van der Waals surface area contributed by atoms with E-state index in [0.717, 1.165) is 37.0 Å². The number of benzene rings is 1. The van der Waals surface area contributed by atoms with Crippen molar-refractivity contribution in [3.8, 4) is 5.75 Å². The standard InChI is InChI=1S/C18H25N3O2.ClH/c1-17(2,3)13-8-4-5-9-14(13)22-12-15-20-16(21-23-15)18(19)10-6-7-11-18;/h4-5,8-9H,6-7,10-12,19H2,1-3H3;1H. The van der Waals surface area contributed by atoms with Crippen LogP contribution in [0.15, 0.2) is 28.8 Å².